The number of carbonyl (C=O) groups excluding carboxylic acids is 2. The third-order valence-electron chi connectivity index (χ3n) is 3.40. The Kier molecular flexibility index (Phi) is 2.21. The lowest BCUT2D eigenvalue weighted by Crippen LogP contribution is -2.62. The van der Waals surface area contributed by atoms with Gasteiger partial charge in [-0.15, -0.1) is 0 Å². The molecule has 0 aromatic carbocycles. The van der Waals surface area contributed by atoms with Crippen molar-refractivity contribution in [2.45, 2.75) is 50.6 Å². The summed E-state index contributed by atoms with van der Waals surface area (Å²) >= 11 is 0. The first kappa shape index (κ1) is 9.49. The van der Waals surface area contributed by atoms with Gasteiger partial charge in [-0.25, -0.2) is 0 Å². The van der Waals surface area contributed by atoms with Crippen molar-refractivity contribution in [1.29, 1.82) is 0 Å². The molecule has 2 aliphatic rings. The number of rotatable bonds is 1. The van der Waals surface area contributed by atoms with Crippen LogP contribution in [0.25, 0.3) is 0 Å². The lowest BCUT2D eigenvalue weighted by Gasteiger charge is -2.41. The van der Waals surface area contributed by atoms with Gasteiger partial charge in [0.05, 0.1) is 11.6 Å². The second kappa shape index (κ2) is 3.26. The predicted molar refractivity (Wildman–Crippen MR) is 51.6 cm³/mol. The highest BCUT2D eigenvalue weighted by atomic mass is 16.2. The van der Waals surface area contributed by atoms with Gasteiger partial charge in [-0.1, -0.05) is 6.92 Å². The second-order valence-corrected chi connectivity index (χ2v) is 4.23. The summed E-state index contributed by atoms with van der Waals surface area (Å²) in [4.78, 5) is 22.5. The van der Waals surface area contributed by atoms with Crippen molar-refractivity contribution >= 4 is 11.8 Å². The van der Waals surface area contributed by atoms with Gasteiger partial charge in [0.2, 0.25) is 11.8 Å². The van der Waals surface area contributed by atoms with Crippen molar-refractivity contribution in [1.82, 2.24) is 10.6 Å². The van der Waals surface area contributed by atoms with Crippen LogP contribution < -0.4 is 10.6 Å². The molecule has 2 fully saturated rings. The van der Waals surface area contributed by atoms with E-state index < -0.39 is 0 Å². The molecule has 0 aliphatic carbocycles. The summed E-state index contributed by atoms with van der Waals surface area (Å²) in [6, 6.07) is 0.121. The van der Waals surface area contributed by atoms with Crippen LogP contribution in [0.5, 0.6) is 0 Å². The fraction of sp³-hybridized carbons (Fsp3) is 0.800. The van der Waals surface area contributed by atoms with Crippen molar-refractivity contribution < 1.29 is 9.59 Å². The van der Waals surface area contributed by atoms with Crippen LogP contribution in [0.3, 0.4) is 0 Å². The Hall–Kier alpha value is -1.06. The number of piperidine rings is 1. The molecule has 2 N–H and O–H groups in total. The van der Waals surface area contributed by atoms with Gasteiger partial charge in [-0.05, 0) is 19.3 Å². The van der Waals surface area contributed by atoms with Gasteiger partial charge in [0.15, 0.2) is 0 Å². The maximum Gasteiger partial charge on any atom is 0.220 e. The molecular formula is C10H16N2O2. The summed E-state index contributed by atoms with van der Waals surface area (Å²) in [7, 11) is 0. The first-order valence-electron chi connectivity index (χ1n) is 5.27. The van der Waals surface area contributed by atoms with Crippen LogP contribution in [0.1, 0.15) is 39.0 Å². The van der Waals surface area contributed by atoms with E-state index in [1.165, 1.54) is 0 Å². The first-order chi connectivity index (χ1) is 6.66. The summed E-state index contributed by atoms with van der Waals surface area (Å²) in [6.07, 6.45) is 3.68. The first-order valence-corrected chi connectivity index (χ1v) is 5.27. The average Bonchev–Trinajstić information content (AvgIpc) is 2.53. The topological polar surface area (TPSA) is 58.2 Å². The van der Waals surface area contributed by atoms with Crippen LogP contribution in [0.15, 0.2) is 0 Å². The third-order valence-corrected chi connectivity index (χ3v) is 3.40. The van der Waals surface area contributed by atoms with Gasteiger partial charge in [-0.3, -0.25) is 9.59 Å². The second-order valence-electron chi connectivity index (χ2n) is 4.23. The zero-order valence-electron chi connectivity index (χ0n) is 8.43. The highest BCUT2D eigenvalue weighted by molar-refractivity contribution is 5.82. The lowest BCUT2D eigenvalue weighted by molar-refractivity contribution is -0.127. The quantitative estimate of drug-likeness (QED) is 0.634. The van der Waals surface area contributed by atoms with E-state index in [0.717, 1.165) is 19.3 Å². The number of amides is 2. The van der Waals surface area contributed by atoms with Gasteiger partial charge in [0.1, 0.15) is 0 Å². The Balaban J connectivity index is 2.16. The minimum absolute atomic E-state index is 0.114. The van der Waals surface area contributed by atoms with Crippen LogP contribution in [-0.4, -0.2) is 23.4 Å². The van der Waals surface area contributed by atoms with E-state index in [4.69, 9.17) is 0 Å². The fourth-order valence-corrected chi connectivity index (χ4v) is 2.60. The fourth-order valence-electron chi connectivity index (χ4n) is 2.60. The van der Waals surface area contributed by atoms with Gasteiger partial charge in [0.25, 0.3) is 0 Å². The van der Waals surface area contributed by atoms with Crippen molar-refractivity contribution in [3.63, 3.8) is 0 Å². The largest absolute Gasteiger partial charge is 0.351 e. The Labute approximate surface area is 83.4 Å². The predicted octanol–water partition coefficient (Wildman–Crippen LogP) is 0.324. The molecule has 0 aromatic rings. The van der Waals surface area contributed by atoms with Crippen molar-refractivity contribution in [2.75, 3.05) is 0 Å². The summed E-state index contributed by atoms with van der Waals surface area (Å²) < 4.78 is 0. The van der Waals surface area contributed by atoms with E-state index in [1.807, 2.05) is 6.92 Å². The molecule has 4 heteroatoms. The van der Waals surface area contributed by atoms with Crippen LogP contribution >= 0.6 is 0 Å². The van der Waals surface area contributed by atoms with Gasteiger partial charge < -0.3 is 10.6 Å². The molecule has 2 saturated heterocycles. The monoisotopic (exact) mass is 196 g/mol. The highest BCUT2D eigenvalue weighted by Gasteiger charge is 2.46. The van der Waals surface area contributed by atoms with Crippen molar-refractivity contribution in [3.05, 3.63) is 0 Å². The number of hydrogen-bond acceptors (Lipinski definition) is 2. The summed E-state index contributed by atoms with van der Waals surface area (Å²) in [5.41, 5.74) is -0.139. The van der Waals surface area contributed by atoms with Crippen molar-refractivity contribution in [3.8, 4) is 0 Å². The van der Waals surface area contributed by atoms with Gasteiger partial charge >= 0.3 is 0 Å². The molecule has 2 atom stereocenters. The molecule has 78 valence electrons. The Morgan fingerprint density at radius 1 is 1.29 bits per heavy atom. The van der Waals surface area contributed by atoms with Gasteiger partial charge in [-0.2, -0.15) is 0 Å². The average molecular weight is 196 g/mol. The molecule has 0 radical (unpaired) electrons. The van der Waals surface area contributed by atoms with E-state index in [-0.39, 0.29) is 23.4 Å². The molecule has 2 aliphatic heterocycles. The molecule has 14 heavy (non-hydrogen) atoms. The van der Waals surface area contributed by atoms with E-state index in [2.05, 4.69) is 10.6 Å². The SMILES string of the molecule is CCC1NC(=O)CCC12CCC(=O)N2. The molecule has 4 nitrogen and oxygen atoms in total. The number of hydrogen-bond donors (Lipinski definition) is 2. The third kappa shape index (κ3) is 1.38. The molecule has 0 bridgehead atoms. The van der Waals surface area contributed by atoms with E-state index >= 15 is 0 Å². The van der Waals surface area contributed by atoms with E-state index in [1.54, 1.807) is 0 Å². The molecule has 2 unspecified atom stereocenters. The van der Waals surface area contributed by atoms with Gasteiger partial charge in [0, 0.05) is 12.8 Å². The zero-order chi connectivity index (χ0) is 10.2. The lowest BCUT2D eigenvalue weighted by atomic mass is 9.80. The maximum absolute atomic E-state index is 11.2. The normalized spacial score (nSPS) is 37.1. The van der Waals surface area contributed by atoms with Crippen molar-refractivity contribution in [2.24, 2.45) is 0 Å². The minimum Gasteiger partial charge on any atom is -0.351 e. The highest BCUT2D eigenvalue weighted by Crippen LogP contribution is 2.32. The van der Waals surface area contributed by atoms with E-state index in [9.17, 15) is 9.59 Å². The molecule has 2 rings (SSSR count). The Morgan fingerprint density at radius 3 is 2.43 bits per heavy atom. The van der Waals surface area contributed by atoms with Crippen LogP contribution in [0.2, 0.25) is 0 Å². The summed E-state index contributed by atoms with van der Waals surface area (Å²) in [5.74, 6) is 0.239. The molecule has 0 aromatic heterocycles. The maximum atomic E-state index is 11.2. The number of nitrogens with one attached hydrogen (secondary N) is 2. The van der Waals surface area contributed by atoms with Crippen LogP contribution in [-0.2, 0) is 9.59 Å². The molecule has 0 saturated carbocycles. The molecule has 2 amide bonds. The Bertz CT molecular complexity index is 275. The summed E-state index contributed by atoms with van der Waals surface area (Å²) in [5, 5.41) is 6.00. The van der Waals surface area contributed by atoms with Crippen LogP contribution in [0.4, 0.5) is 0 Å². The molecular weight excluding hydrogens is 180 g/mol. The summed E-state index contributed by atoms with van der Waals surface area (Å²) in [6.45, 7) is 2.04. The molecule has 2 heterocycles. The standard InChI is InChI=1S/C10H16N2O2/c1-2-7-10(5-3-8(13)11-7)6-4-9(14)12-10/h7H,2-6H2,1H3,(H,11,13)(H,12,14). The number of carbonyl (C=O) groups is 2. The smallest absolute Gasteiger partial charge is 0.220 e. The minimum atomic E-state index is -0.139. The molecule has 1 spiro atoms. The zero-order valence-corrected chi connectivity index (χ0v) is 8.43. The van der Waals surface area contributed by atoms with Crippen LogP contribution in [0, 0.1) is 0 Å². The Morgan fingerprint density at radius 2 is 1.93 bits per heavy atom. The van der Waals surface area contributed by atoms with E-state index in [0.29, 0.717) is 12.8 Å².